The van der Waals surface area contributed by atoms with Crippen molar-refractivity contribution in [3.05, 3.63) is 66.7 Å². The van der Waals surface area contributed by atoms with Gasteiger partial charge in [0.2, 0.25) is 0 Å². The molecule has 0 atom stereocenters. The van der Waals surface area contributed by atoms with Crippen LogP contribution in [-0.2, 0) is 40.0 Å². The molecule has 0 aliphatic carbocycles. The molecule has 215 valence electrons. The van der Waals surface area contributed by atoms with E-state index in [0.717, 1.165) is 84.0 Å². The summed E-state index contributed by atoms with van der Waals surface area (Å²) in [5.74, 6) is 1.58. The molecule has 11 heteroatoms. The number of halogens is 3. The molecular weight excluding hydrogens is 613 g/mol. The van der Waals surface area contributed by atoms with E-state index < -0.39 is 0 Å². The number of aromatic nitrogens is 5. The van der Waals surface area contributed by atoms with E-state index in [1.807, 2.05) is 54.6 Å². The number of fused-ring (bicyclic) bond motifs is 2. The Morgan fingerprint density at radius 2 is 1.00 bits per heavy atom. The Balaban J connectivity index is 0.00000200. The van der Waals surface area contributed by atoms with Crippen molar-refractivity contribution in [1.29, 1.82) is 0 Å². The smallest absolute Gasteiger partial charge is 1.00 e. The van der Waals surface area contributed by atoms with Gasteiger partial charge in [-0.25, -0.2) is 15.0 Å². The molecule has 0 aliphatic heterocycles. The molecule has 7 nitrogen and oxygen atoms in total. The third-order valence-electron chi connectivity index (χ3n) is 6.24. The van der Waals surface area contributed by atoms with Crippen LogP contribution in [0.4, 0.5) is 0 Å². The number of rotatable bonds is 12. The number of ether oxygens (including phenoxy) is 2. The summed E-state index contributed by atoms with van der Waals surface area (Å²) in [7, 11) is 0. The maximum Gasteiger partial charge on any atom is 3.00 e. The van der Waals surface area contributed by atoms with Crippen molar-refractivity contribution in [3.63, 3.8) is 0 Å². The maximum atomic E-state index is 5.99. The van der Waals surface area contributed by atoms with E-state index in [-0.39, 0.29) is 54.3 Å². The topological polar surface area (TPSA) is 67.0 Å². The second kappa shape index (κ2) is 17.6. The van der Waals surface area contributed by atoms with E-state index in [1.165, 1.54) is 0 Å². The van der Waals surface area contributed by atoms with Gasteiger partial charge in [-0.05, 0) is 49.2 Å². The molecule has 0 aliphatic rings. The fraction of sp³-hybridized carbons (Fsp3) is 0.345. The first-order chi connectivity index (χ1) is 17.8. The number of unbranched alkanes of at least 4 members (excludes halogenated alkanes) is 2. The Kier molecular flexibility index (Phi) is 15.8. The number of imidazole rings is 2. The molecule has 40 heavy (non-hydrogen) atoms. The van der Waals surface area contributed by atoms with E-state index in [1.54, 1.807) is 0 Å². The van der Waals surface area contributed by atoms with Crippen LogP contribution in [0.1, 0.15) is 39.5 Å². The largest absolute Gasteiger partial charge is 3.00 e. The molecular formula is C29H33Cl3FeN5O2. The molecule has 1 radical (unpaired) electrons. The predicted octanol–water partition coefficient (Wildman–Crippen LogP) is -2.33. The third-order valence-corrected chi connectivity index (χ3v) is 6.24. The minimum absolute atomic E-state index is 0. The fourth-order valence-electron chi connectivity index (χ4n) is 4.29. The van der Waals surface area contributed by atoms with Crippen molar-refractivity contribution in [2.75, 3.05) is 13.2 Å². The van der Waals surface area contributed by atoms with Crippen LogP contribution in [-0.4, -0.2) is 37.3 Å². The van der Waals surface area contributed by atoms with Crippen molar-refractivity contribution < 1.29 is 63.8 Å². The maximum absolute atomic E-state index is 5.99. The van der Waals surface area contributed by atoms with Crippen LogP contribution in [0.3, 0.4) is 0 Å². The van der Waals surface area contributed by atoms with Gasteiger partial charge in [-0.15, -0.1) is 0 Å². The van der Waals surface area contributed by atoms with Crippen LogP contribution in [0.5, 0.6) is 0 Å². The molecule has 0 spiro atoms. The molecule has 2 aromatic carbocycles. The van der Waals surface area contributed by atoms with Gasteiger partial charge in [-0.2, -0.15) is 0 Å². The predicted molar refractivity (Wildman–Crippen MR) is 143 cm³/mol. The van der Waals surface area contributed by atoms with Crippen LogP contribution in [0.2, 0.25) is 0 Å². The zero-order valence-electron chi connectivity index (χ0n) is 22.5. The van der Waals surface area contributed by atoms with Crippen molar-refractivity contribution in [2.45, 2.75) is 53.0 Å². The molecule has 3 heterocycles. The van der Waals surface area contributed by atoms with E-state index in [9.17, 15) is 0 Å². The average molecular weight is 646 g/mol. The van der Waals surface area contributed by atoms with E-state index in [0.29, 0.717) is 13.5 Å². The number of hydrogen-bond donors (Lipinski definition) is 0. The van der Waals surface area contributed by atoms with Crippen molar-refractivity contribution in [3.8, 4) is 23.0 Å². The first-order valence-electron chi connectivity index (χ1n) is 12.8. The van der Waals surface area contributed by atoms with Gasteiger partial charge in [-0.1, -0.05) is 57.0 Å². The minimum Gasteiger partial charge on any atom is -1.00 e. The normalized spacial score (nSPS) is 10.4. The Morgan fingerprint density at radius 1 is 0.575 bits per heavy atom. The van der Waals surface area contributed by atoms with Gasteiger partial charge in [0.25, 0.3) is 0 Å². The summed E-state index contributed by atoms with van der Waals surface area (Å²) in [5.41, 5.74) is 5.49. The first kappa shape index (κ1) is 35.9. The van der Waals surface area contributed by atoms with E-state index >= 15 is 0 Å². The van der Waals surface area contributed by atoms with Gasteiger partial charge in [-0.3, -0.25) is 9.13 Å². The summed E-state index contributed by atoms with van der Waals surface area (Å²) in [6.07, 6.45) is 4.27. The Labute approximate surface area is 264 Å². The molecule has 0 bridgehead atoms. The number of nitrogens with zero attached hydrogens (tertiary/aromatic N) is 5. The first-order valence-corrected chi connectivity index (χ1v) is 12.8. The van der Waals surface area contributed by atoms with Gasteiger partial charge >= 0.3 is 17.1 Å². The second-order valence-electron chi connectivity index (χ2n) is 8.89. The molecule has 0 unspecified atom stereocenters. The van der Waals surface area contributed by atoms with Crippen LogP contribution in [0.15, 0.2) is 66.7 Å². The average Bonchev–Trinajstić information content (AvgIpc) is 3.48. The minimum atomic E-state index is 0. The molecule has 5 aromatic rings. The van der Waals surface area contributed by atoms with Crippen LogP contribution in [0, 0.1) is 0 Å². The molecule has 0 amide bonds. The fourth-order valence-corrected chi connectivity index (χ4v) is 4.29. The van der Waals surface area contributed by atoms with Gasteiger partial charge < -0.3 is 46.7 Å². The SMILES string of the molecule is CCCCOCn1c(-c2cccc(-c3nc4ccccc4n3COCCCC)n2)nc2ccccc21.[Cl-].[Cl-].[Cl-].[Fe+3]. The Morgan fingerprint density at radius 3 is 1.43 bits per heavy atom. The molecule has 0 saturated carbocycles. The second-order valence-corrected chi connectivity index (χ2v) is 8.89. The Hall–Kier alpha value is -2.16. The number of para-hydroxylation sites is 4. The monoisotopic (exact) mass is 644 g/mol. The Bertz CT molecular complexity index is 1360. The summed E-state index contributed by atoms with van der Waals surface area (Å²) in [5, 5.41) is 0. The van der Waals surface area contributed by atoms with Gasteiger partial charge in [0.05, 0.1) is 22.1 Å². The van der Waals surface area contributed by atoms with Gasteiger partial charge in [0.1, 0.15) is 24.8 Å². The molecule has 0 fully saturated rings. The third kappa shape index (κ3) is 7.98. The summed E-state index contributed by atoms with van der Waals surface area (Å²) in [4.78, 5) is 14.9. The number of pyridine rings is 1. The van der Waals surface area contributed by atoms with Crippen molar-refractivity contribution in [1.82, 2.24) is 24.1 Å². The van der Waals surface area contributed by atoms with Crippen LogP contribution < -0.4 is 37.2 Å². The zero-order valence-corrected chi connectivity index (χ0v) is 25.9. The van der Waals surface area contributed by atoms with Gasteiger partial charge in [0, 0.05) is 13.2 Å². The quantitative estimate of drug-likeness (QED) is 0.113. The molecule has 5 rings (SSSR count). The summed E-state index contributed by atoms with van der Waals surface area (Å²) in [6, 6.07) is 22.3. The standard InChI is InChI=1S/C29H33N5O2.3ClH.Fe/c1-3-5-18-35-20-33-26-16-9-7-12-22(26)31-28(33)24-14-11-15-25(30-24)29-32-23-13-8-10-17-27(23)34(29)21-36-19-6-4-2;;;;/h7-17H,3-6,18-21H2,1-2H3;3*1H;/q;;;;+3/p-3. The number of hydrogen-bond acceptors (Lipinski definition) is 5. The van der Waals surface area contributed by atoms with E-state index in [4.69, 9.17) is 24.4 Å². The number of benzene rings is 2. The van der Waals surface area contributed by atoms with Crippen LogP contribution >= 0.6 is 0 Å². The zero-order chi connectivity index (χ0) is 24.7. The molecule has 0 saturated heterocycles. The summed E-state index contributed by atoms with van der Waals surface area (Å²) < 4.78 is 16.2. The molecule has 0 N–H and O–H groups in total. The van der Waals surface area contributed by atoms with E-state index in [2.05, 4.69) is 35.1 Å². The van der Waals surface area contributed by atoms with Crippen LogP contribution in [0.25, 0.3) is 45.1 Å². The van der Waals surface area contributed by atoms with Gasteiger partial charge in [0.15, 0.2) is 11.6 Å². The summed E-state index contributed by atoms with van der Waals surface area (Å²) >= 11 is 0. The van der Waals surface area contributed by atoms with Crippen molar-refractivity contribution in [2.24, 2.45) is 0 Å². The molecule has 3 aromatic heterocycles. The van der Waals surface area contributed by atoms with Crippen molar-refractivity contribution >= 4 is 22.1 Å². The summed E-state index contributed by atoms with van der Waals surface area (Å²) in [6.45, 7) is 6.64.